The number of hydrogen-bond acceptors (Lipinski definition) is 5. The van der Waals surface area contributed by atoms with Crippen LogP contribution in [0.3, 0.4) is 0 Å². The van der Waals surface area contributed by atoms with Crippen LogP contribution in [0.4, 0.5) is 4.79 Å². The normalized spacial score (nSPS) is 17.0. The van der Waals surface area contributed by atoms with Crippen LogP contribution in [-0.4, -0.2) is 62.8 Å². The van der Waals surface area contributed by atoms with Crippen molar-refractivity contribution < 1.29 is 9.53 Å². The van der Waals surface area contributed by atoms with Crippen molar-refractivity contribution in [2.75, 3.05) is 19.6 Å². The number of guanidine groups is 1. The van der Waals surface area contributed by atoms with Gasteiger partial charge in [0.05, 0.1) is 12.6 Å². The SMILES string of the molecule is CCNC(=NCc1ccc(-n2ccnc2C)nc1)N1CCC(NC(=O)OC(C)(C)C)C1. The molecule has 3 rings (SSSR count). The molecule has 0 aliphatic carbocycles. The number of likely N-dealkylation sites (tertiary alicyclic amines) is 1. The quantitative estimate of drug-likeness (QED) is 0.563. The van der Waals surface area contributed by atoms with Gasteiger partial charge in [0.25, 0.3) is 0 Å². The largest absolute Gasteiger partial charge is 0.444 e. The number of aromatic nitrogens is 3. The Morgan fingerprint density at radius 1 is 1.32 bits per heavy atom. The highest BCUT2D eigenvalue weighted by Gasteiger charge is 2.27. The lowest BCUT2D eigenvalue weighted by Gasteiger charge is -2.23. The molecule has 1 atom stereocenters. The third kappa shape index (κ3) is 6.44. The van der Waals surface area contributed by atoms with Gasteiger partial charge in [-0.3, -0.25) is 4.57 Å². The van der Waals surface area contributed by atoms with E-state index in [1.54, 1.807) is 6.20 Å². The van der Waals surface area contributed by atoms with Crippen LogP contribution in [0.5, 0.6) is 0 Å². The second-order valence-corrected chi connectivity index (χ2v) is 8.62. The molecule has 1 aliphatic rings. The first kappa shape index (κ1) is 22.6. The second-order valence-electron chi connectivity index (χ2n) is 8.62. The van der Waals surface area contributed by atoms with E-state index in [1.165, 1.54) is 0 Å². The van der Waals surface area contributed by atoms with E-state index in [-0.39, 0.29) is 12.1 Å². The maximum absolute atomic E-state index is 12.1. The summed E-state index contributed by atoms with van der Waals surface area (Å²) in [6.45, 7) is 12.4. The molecular weight excluding hydrogens is 394 g/mol. The average Bonchev–Trinajstić information content (AvgIpc) is 3.33. The number of rotatable bonds is 5. The van der Waals surface area contributed by atoms with Gasteiger partial charge in [0.15, 0.2) is 5.96 Å². The molecule has 1 fully saturated rings. The minimum Gasteiger partial charge on any atom is -0.444 e. The molecule has 0 radical (unpaired) electrons. The summed E-state index contributed by atoms with van der Waals surface area (Å²) in [5.41, 5.74) is 0.526. The van der Waals surface area contributed by atoms with Crippen molar-refractivity contribution in [2.45, 2.75) is 59.2 Å². The van der Waals surface area contributed by atoms with E-state index in [1.807, 2.05) is 63.7 Å². The number of pyridine rings is 1. The summed E-state index contributed by atoms with van der Waals surface area (Å²) >= 11 is 0. The fourth-order valence-electron chi connectivity index (χ4n) is 3.41. The van der Waals surface area contributed by atoms with Crippen LogP contribution in [0.25, 0.3) is 5.82 Å². The number of imidazole rings is 1. The molecule has 0 aromatic carbocycles. The standard InChI is InChI=1S/C22H33N7O2/c1-6-23-20(28-11-9-18(15-28)27-21(30)31-22(3,4)5)26-14-17-7-8-19(25-13-17)29-12-10-24-16(29)2/h7-8,10,12-13,18H,6,9,11,14-15H2,1-5H3,(H,23,26)(H,27,30). The fourth-order valence-corrected chi connectivity index (χ4v) is 3.41. The number of amides is 1. The van der Waals surface area contributed by atoms with Gasteiger partial charge >= 0.3 is 6.09 Å². The molecule has 168 valence electrons. The molecule has 2 aromatic heterocycles. The van der Waals surface area contributed by atoms with Crippen molar-refractivity contribution >= 4 is 12.1 Å². The number of carbonyl (C=O) groups excluding carboxylic acids is 1. The third-order valence-corrected chi connectivity index (χ3v) is 4.84. The van der Waals surface area contributed by atoms with Crippen molar-refractivity contribution in [3.05, 3.63) is 42.1 Å². The number of aryl methyl sites for hydroxylation is 1. The third-order valence-electron chi connectivity index (χ3n) is 4.84. The molecule has 1 amide bonds. The van der Waals surface area contributed by atoms with E-state index < -0.39 is 5.60 Å². The Labute approximate surface area is 183 Å². The number of nitrogens with one attached hydrogen (secondary N) is 2. The Bertz CT molecular complexity index is 899. The first-order valence-electron chi connectivity index (χ1n) is 10.7. The molecule has 9 nitrogen and oxygen atoms in total. The van der Waals surface area contributed by atoms with Crippen molar-refractivity contribution in [1.29, 1.82) is 0 Å². The molecule has 0 saturated carbocycles. The number of alkyl carbamates (subject to hydrolysis) is 1. The maximum atomic E-state index is 12.1. The predicted molar refractivity (Wildman–Crippen MR) is 120 cm³/mol. The van der Waals surface area contributed by atoms with Crippen LogP contribution in [0.15, 0.2) is 35.7 Å². The fraction of sp³-hybridized carbons (Fsp3) is 0.545. The Morgan fingerprint density at radius 2 is 2.13 bits per heavy atom. The molecular formula is C22H33N7O2. The van der Waals surface area contributed by atoms with E-state index >= 15 is 0 Å². The van der Waals surface area contributed by atoms with Crippen molar-refractivity contribution in [2.24, 2.45) is 4.99 Å². The molecule has 2 N–H and O–H groups in total. The summed E-state index contributed by atoms with van der Waals surface area (Å²) in [5, 5.41) is 6.30. The molecule has 2 aromatic rings. The smallest absolute Gasteiger partial charge is 0.407 e. The number of carbonyl (C=O) groups is 1. The monoisotopic (exact) mass is 427 g/mol. The van der Waals surface area contributed by atoms with Gasteiger partial charge < -0.3 is 20.3 Å². The van der Waals surface area contributed by atoms with E-state index in [9.17, 15) is 4.79 Å². The zero-order chi connectivity index (χ0) is 22.4. The van der Waals surface area contributed by atoms with Gasteiger partial charge in [0.1, 0.15) is 17.2 Å². The lowest BCUT2D eigenvalue weighted by Crippen LogP contribution is -2.44. The van der Waals surface area contributed by atoms with Gasteiger partial charge in [0, 0.05) is 38.2 Å². The van der Waals surface area contributed by atoms with Crippen LogP contribution in [0.2, 0.25) is 0 Å². The lowest BCUT2D eigenvalue weighted by atomic mass is 10.2. The van der Waals surface area contributed by atoms with Crippen LogP contribution < -0.4 is 10.6 Å². The molecule has 1 aliphatic heterocycles. The molecule has 3 heterocycles. The summed E-state index contributed by atoms with van der Waals surface area (Å²) in [7, 11) is 0. The van der Waals surface area contributed by atoms with Crippen molar-refractivity contribution in [3.8, 4) is 5.82 Å². The van der Waals surface area contributed by atoms with Crippen LogP contribution in [0.1, 0.15) is 45.5 Å². The van der Waals surface area contributed by atoms with Gasteiger partial charge in [-0.15, -0.1) is 0 Å². The highest BCUT2D eigenvalue weighted by molar-refractivity contribution is 5.80. The molecule has 9 heteroatoms. The summed E-state index contributed by atoms with van der Waals surface area (Å²) in [6, 6.07) is 4.05. The van der Waals surface area contributed by atoms with Gasteiger partial charge in [0.2, 0.25) is 0 Å². The lowest BCUT2D eigenvalue weighted by molar-refractivity contribution is 0.0507. The summed E-state index contributed by atoms with van der Waals surface area (Å²) in [6.07, 6.45) is 5.98. The first-order valence-corrected chi connectivity index (χ1v) is 10.7. The Hall–Kier alpha value is -3.10. The van der Waals surface area contributed by atoms with Crippen molar-refractivity contribution in [3.63, 3.8) is 0 Å². The molecule has 1 unspecified atom stereocenters. The highest BCUT2D eigenvalue weighted by atomic mass is 16.6. The van der Waals surface area contributed by atoms with E-state index in [0.717, 1.165) is 42.7 Å². The summed E-state index contributed by atoms with van der Waals surface area (Å²) < 4.78 is 7.31. The predicted octanol–water partition coefficient (Wildman–Crippen LogP) is 2.64. The van der Waals surface area contributed by atoms with E-state index in [4.69, 9.17) is 9.73 Å². The van der Waals surface area contributed by atoms with Crippen LogP contribution >= 0.6 is 0 Å². The Morgan fingerprint density at radius 3 is 2.74 bits per heavy atom. The number of nitrogens with zero attached hydrogens (tertiary/aromatic N) is 5. The minimum atomic E-state index is -0.501. The zero-order valence-electron chi connectivity index (χ0n) is 19.1. The van der Waals surface area contributed by atoms with Crippen LogP contribution in [0, 0.1) is 6.92 Å². The Kier molecular flexibility index (Phi) is 7.14. The van der Waals surface area contributed by atoms with Crippen molar-refractivity contribution in [1.82, 2.24) is 30.1 Å². The molecule has 1 saturated heterocycles. The average molecular weight is 428 g/mol. The molecule has 31 heavy (non-hydrogen) atoms. The highest BCUT2D eigenvalue weighted by Crippen LogP contribution is 2.13. The summed E-state index contributed by atoms with van der Waals surface area (Å²) in [5.74, 6) is 2.58. The van der Waals surface area contributed by atoms with E-state index in [2.05, 4.69) is 25.5 Å². The topological polar surface area (TPSA) is 96.7 Å². The number of hydrogen-bond donors (Lipinski definition) is 2. The zero-order valence-corrected chi connectivity index (χ0v) is 19.1. The van der Waals surface area contributed by atoms with Crippen LogP contribution in [-0.2, 0) is 11.3 Å². The maximum Gasteiger partial charge on any atom is 0.407 e. The summed E-state index contributed by atoms with van der Waals surface area (Å²) in [4.78, 5) is 27.8. The first-order chi connectivity index (χ1) is 14.7. The second kappa shape index (κ2) is 9.80. The van der Waals surface area contributed by atoms with Gasteiger partial charge in [-0.1, -0.05) is 6.07 Å². The number of aliphatic imine (C=N–C) groups is 1. The van der Waals surface area contributed by atoms with Gasteiger partial charge in [-0.05, 0) is 52.7 Å². The Balaban J connectivity index is 1.59. The number of ether oxygens (including phenoxy) is 1. The van der Waals surface area contributed by atoms with Gasteiger partial charge in [-0.2, -0.15) is 0 Å². The molecule has 0 spiro atoms. The minimum absolute atomic E-state index is 0.0399. The molecule has 0 bridgehead atoms. The van der Waals surface area contributed by atoms with Gasteiger partial charge in [-0.25, -0.2) is 19.8 Å². The van der Waals surface area contributed by atoms with E-state index in [0.29, 0.717) is 13.1 Å².